The van der Waals surface area contributed by atoms with Crippen molar-refractivity contribution in [1.82, 2.24) is 9.88 Å². The molecule has 2 aromatic rings. The number of fused-ring (bicyclic) bond motifs is 1. The molecule has 8 nitrogen and oxygen atoms in total. The van der Waals surface area contributed by atoms with Crippen LogP contribution >= 0.6 is 0 Å². The molecule has 34 heavy (non-hydrogen) atoms. The molecule has 1 heterocycles. The molecule has 0 fully saturated rings. The number of unbranched alkanes of at least 4 members (excludes halogenated alkanes) is 1. The number of pyridine rings is 1. The minimum absolute atomic E-state index is 0.231. The van der Waals surface area contributed by atoms with E-state index in [0.29, 0.717) is 46.9 Å². The van der Waals surface area contributed by atoms with Gasteiger partial charge >= 0.3 is 6.09 Å². The van der Waals surface area contributed by atoms with Crippen LogP contribution in [0.1, 0.15) is 73.0 Å². The van der Waals surface area contributed by atoms with E-state index >= 15 is 0 Å². The van der Waals surface area contributed by atoms with Gasteiger partial charge in [0.25, 0.3) is 5.56 Å². The molecule has 0 aliphatic carbocycles. The molecule has 0 aliphatic rings. The SMILES string of the molecule is CCCCOc1c(C(NC(=O)O)C(C)(C)C)n(CC(C)(C)C)c(=O)c2ccc(OC)c(OC)c12. The monoisotopic (exact) mass is 476 g/mol. The van der Waals surface area contributed by atoms with Crippen molar-refractivity contribution in [3.63, 3.8) is 0 Å². The lowest BCUT2D eigenvalue weighted by atomic mass is 9.83. The fourth-order valence-electron chi connectivity index (χ4n) is 4.04. The number of rotatable bonds is 9. The standard InChI is InChI=1S/C26H40N2O6/c1-10-11-14-34-21-18-16(12-13-17(32-8)20(18)33-9)23(29)28(15-25(2,3)4)19(21)22(26(5,6)7)27-24(30)31/h12-13,22,27H,10-11,14-15H2,1-9H3,(H,30,31). The number of ether oxygens (including phenoxy) is 3. The highest BCUT2D eigenvalue weighted by Crippen LogP contribution is 2.46. The quantitative estimate of drug-likeness (QED) is 0.457. The summed E-state index contributed by atoms with van der Waals surface area (Å²) in [6.45, 7) is 14.8. The lowest BCUT2D eigenvalue weighted by Gasteiger charge is -2.36. The fraction of sp³-hybridized carbons (Fsp3) is 0.615. The highest BCUT2D eigenvalue weighted by Gasteiger charge is 2.36. The zero-order valence-corrected chi connectivity index (χ0v) is 22.0. The number of benzene rings is 1. The maximum Gasteiger partial charge on any atom is 0.405 e. The number of carbonyl (C=O) groups is 1. The summed E-state index contributed by atoms with van der Waals surface area (Å²) in [5, 5.41) is 13.3. The summed E-state index contributed by atoms with van der Waals surface area (Å²) >= 11 is 0. The number of aromatic nitrogens is 1. The summed E-state index contributed by atoms with van der Waals surface area (Å²) in [5.74, 6) is 1.29. The van der Waals surface area contributed by atoms with E-state index in [1.807, 2.05) is 41.5 Å². The lowest BCUT2D eigenvalue weighted by molar-refractivity contribution is 0.169. The normalized spacial score (nSPS) is 13.0. The summed E-state index contributed by atoms with van der Waals surface area (Å²) < 4.78 is 19.3. The second-order valence-corrected chi connectivity index (χ2v) is 10.8. The second kappa shape index (κ2) is 10.6. The van der Waals surface area contributed by atoms with Crippen LogP contribution in [0, 0.1) is 10.8 Å². The van der Waals surface area contributed by atoms with Crippen LogP contribution in [0.5, 0.6) is 17.2 Å². The van der Waals surface area contributed by atoms with Gasteiger partial charge in [0.2, 0.25) is 0 Å². The van der Waals surface area contributed by atoms with Crippen molar-refractivity contribution in [3.05, 3.63) is 28.2 Å². The number of hydrogen-bond acceptors (Lipinski definition) is 5. The van der Waals surface area contributed by atoms with Gasteiger partial charge in [-0.1, -0.05) is 54.9 Å². The molecule has 0 aliphatic heterocycles. The molecule has 0 saturated carbocycles. The molecule has 190 valence electrons. The minimum Gasteiger partial charge on any atom is -0.493 e. The van der Waals surface area contributed by atoms with Crippen LogP contribution in [0.25, 0.3) is 10.8 Å². The first-order valence-corrected chi connectivity index (χ1v) is 11.7. The van der Waals surface area contributed by atoms with E-state index in [1.165, 1.54) is 14.2 Å². The number of hydrogen-bond donors (Lipinski definition) is 2. The molecule has 2 N–H and O–H groups in total. The maximum absolute atomic E-state index is 13.9. The van der Waals surface area contributed by atoms with Gasteiger partial charge in [0.15, 0.2) is 17.2 Å². The van der Waals surface area contributed by atoms with Gasteiger partial charge in [-0.2, -0.15) is 0 Å². The van der Waals surface area contributed by atoms with Crippen LogP contribution in [0.3, 0.4) is 0 Å². The highest BCUT2D eigenvalue weighted by molar-refractivity contribution is 5.96. The van der Waals surface area contributed by atoms with E-state index in [4.69, 9.17) is 14.2 Å². The van der Waals surface area contributed by atoms with Crippen LogP contribution < -0.4 is 25.1 Å². The Morgan fingerprint density at radius 2 is 1.74 bits per heavy atom. The number of methoxy groups -OCH3 is 2. The number of amides is 1. The summed E-state index contributed by atoms with van der Waals surface area (Å²) in [6.07, 6.45) is 0.552. The van der Waals surface area contributed by atoms with E-state index in [0.717, 1.165) is 12.8 Å². The van der Waals surface area contributed by atoms with Crippen molar-refractivity contribution >= 4 is 16.9 Å². The molecule has 0 bridgehead atoms. The fourth-order valence-corrected chi connectivity index (χ4v) is 4.04. The zero-order valence-electron chi connectivity index (χ0n) is 22.0. The third kappa shape index (κ3) is 5.96. The maximum atomic E-state index is 13.9. The van der Waals surface area contributed by atoms with Crippen molar-refractivity contribution in [2.75, 3.05) is 20.8 Å². The lowest BCUT2D eigenvalue weighted by Crippen LogP contribution is -2.41. The Morgan fingerprint density at radius 3 is 2.21 bits per heavy atom. The molecule has 8 heteroatoms. The molecule has 0 saturated heterocycles. The van der Waals surface area contributed by atoms with Crippen LogP contribution in [-0.4, -0.2) is 36.6 Å². The van der Waals surface area contributed by atoms with Gasteiger partial charge in [0, 0.05) is 6.54 Å². The topological polar surface area (TPSA) is 99.0 Å². The van der Waals surface area contributed by atoms with E-state index in [9.17, 15) is 14.7 Å². The molecule has 1 aromatic heterocycles. The number of nitrogens with one attached hydrogen (secondary N) is 1. The molecule has 2 rings (SSSR count). The molecule has 1 amide bonds. The molecule has 1 atom stereocenters. The zero-order chi connectivity index (χ0) is 25.8. The Labute approximate surface area is 202 Å². The summed E-state index contributed by atoms with van der Waals surface area (Å²) in [4.78, 5) is 25.8. The average molecular weight is 477 g/mol. The second-order valence-electron chi connectivity index (χ2n) is 10.8. The smallest absolute Gasteiger partial charge is 0.405 e. The number of carboxylic acid groups (broad SMARTS) is 1. The highest BCUT2D eigenvalue weighted by atomic mass is 16.5. The largest absolute Gasteiger partial charge is 0.493 e. The molecule has 0 spiro atoms. The Kier molecular flexibility index (Phi) is 8.50. The number of nitrogens with zero attached hydrogens (tertiary/aromatic N) is 1. The summed E-state index contributed by atoms with van der Waals surface area (Å²) in [5.41, 5.74) is -0.558. The van der Waals surface area contributed by atoms with E-state index < -0.39 is 17.6 Å². The van der Waals surface area contributed by atoms with Crippen molar-refractivity contribution in [2.45, 2.75) is 73.9 Å². The van der Waals surface area contributed by atoms with E-state index in [2.05, 4.69) is 12.2 Å². The Morgan fingerprint density at radius 1 is 1.09 bits per heavy atom. The third-order valence-electron chi connectivity index (χ3n) is 5.56. The van der Waals surface area contributed by atoms with Crippen molar-refractivity contribution in [1.29, 1.82) is 0 Å². The van der Waals surface area contributed by atoms with Crippen LogP contribution in [-0.2, 0) is 6.54 Å². The van der Waals surface area contributed by atoms with Gasteiger partial charge in [-0.25, -0.2) is 4.79 Å². The average Bonchev–Trinajstić information content (AvgIpc) is 2.72. The molecule has 0 radical (unpaired) electrons. The van der Waals surface area contributed by atoms with Gasteiger partial charge in [-0.15, -0.1) is 0 Å². The first-order chi connectivity index (χ1) is 15.8. The molecule has 1 aromatic carbocycles. The predicted molar refractivity (Wildman–Crippen MR) is 135 cm³/mol. The molecular weight excluding hydrogens is 436 g/mol. The minimum atomic E-state index is -1.17. The van der Waals surface area contributed by atoms with E-state index in [-0.39, 0.29) is 11.0 Å². The van der Waals surface area contributed by atoms with Crippen LogP contribution in [0.2, 0.25) is 0 Å². The third-order valence-corrected chi connectivity index (χ3v) is 5.56. The van der Waals surface area contributed by atoms with Crippen molar-refractivity contribution < 1.29 is 24.1 Å². The van der Waals surface area contributed by atoms with Gasteiger partial charge in [0.1, 0.15) is 0 Å². The van der Waals surface area contributed by atoms with Crippen molar-refractivity contribution in [2.24, 2.45) is 10.8 Å². The first kappa shape index (κ1) is 27.3. The van der Waals surface area contributed by atoms with Gasteiger partial charge in [0.05, 0.1) is 43.3 Å². The summed E-state index contributed by atoms with van der Waals surface area (Å²) in [7, 11) is 3.05. The van der Waals surface area contributed by atoms with Crippen LogP contribution in [0.4, 0.5) is 4.79 Å². The van der Waals surface area contributed by atoms with Gasteiger partial charge in [-0.3, -0.25) is 4.79 Å². The summed E-state index contributed by atoms with van der Waals surface area (Å²) in [6, 6.07) is 2.69. The Hall–Kier alpha value is -2.90. The van der Waals surface area contributed by atoms with Gasteiger partial charge < -0.3 is 29.2 Å². The first-order valence-electron chi connectivity index (χ1n) is 11.7. The predicted octanol–water partition coefficient (Wildman–Crippen LogP) is 5.60. The van der Waals surface area contributed by atoms with E-state index in [1.54, 1.807) is 16.7 Å². The van der Waals surface area contributed by atoms with Crippen LogP contribution in [0.15, 0.2) is 16.9 Å². The molecule has 1 unspecified atom stereocenters. The van der Waals surface area contributed by atoms with Crippen molar-refractivity contribution in [3.8, 4) is 17.2 Å². The van der Waals surface area contributed by atoms with Gasteiger partial charge in [-0.05, 0) is 29.4 Å². The Bertz CT molecular complexity index is 1080. The molecular formula is C26H40N2O6. The Balaban J connectivity index is 3.16.